The molecule has 1 aromatic heterocycles. The van der Waals surface area contributed by atoms with Crippen LogP contribution < -0.4 is 5.32 Å². The molecule has 0 saturated heterocycles. The molecule has 0 unspecified atom stereocenters. The number of hydrogen-bond acceptors (Lipinski definition) is 3. The highest BCUT2D eigenvalue weighted by molar-refractivity contribution is 5.93. The van der Waals surface area contributed by atoms with Crippen molar-refractivity contribution in [2.24, 2.45) is 0 Å². The van der Waals surface area contributed by atoms with Gasteiger partial charge in [-0.25, -0.2) is 13.6 Å². The number of halogens is 2. The van der Waals surface area contributed by atoms with Crippen molar-refractivity contribution >= 4 is 11.9 Å². The summed E-state index contributed by atoms with van der Waals surface area (Å²) in [4.78, 5) is 22.2. The third-order valence-corrected chi connectivity index (χ3v) is 2.50. The van der Waals surface area contributed by atoms with Gasteiger partial charge in [-0.15, -0.1) is 0 Å². The first-order chi connectivity index (χ1) is 9.47. The average molecular weight is 281 g/mol. The lowest BCUT2D eigenvalue weighted by molar-refractivity contribution is 0.0659. The Morgan fingerprint density at radius 2 is 1.85 bits per heavy atom. The molecule has 5 nitrogen and oxygen atoms in total. The number of benzene rings is 1. The van der Waals surface area contributed by atoms with Crippen molar-refractivity contribution in [3.8, 4) is 0 Å². The van der Waals surface area contributed by atoms with Gasteiger partial charge in [-0.05, 0) is 18.2 Å². The number of carboxylic acid groups (broad SMARTS) is 1. The van der Waals surface area contributed by atoms with E-state index in [2.05, 4.69) is 5.32 Å². The highest BCUT2D eigenvalue weighted by Crippen LogP contribution is 2.11. The zero-order valence-electron chi connectivity index (χ0n) is 10.0. The minimum absolute atomic E-state index is 0.102. The Bertz CT molecular complexity index is 666. The van der Waals surface area contributed by atoms with E-state index in [0.29, 0.717) is 6.07 Å². The van der Waals surface area contributed by atoms with Gasteiger partial charge in [0.15, 0.2) is 5.76 Å². The largest absolute Gasteiger partial charge is 0.475 e. The van der Waals surface area contributed by atoms with E-state index in [1.165, 1.54) is 12.1 Å². The van der Waals surface area contributed by atoms with Gasteiger partial charge >= 0.3 is 5.97 Å². The molecule has 0 aliphatic heterocycles. The second-order valence-corrected chi connectivity index (χ2v) is 3.89. The Hall–Kier alpha value is -2.70. The van der Waals surface area contributed by atoms with Crippen LogP contribution in [0.25, 0.3) is 0 Å². The predicted octanol–water partition coefficient (Wildman–Crippen LogP) is 2.19. The third-order valence-electron chi connectivity index (χ3n) is 2.50. The Kier molecular flexibility index (Phi) is 3.79. The molecule has 2 rings (SSSR count). The van der Waals surface area contributed by atoms with Gasteiger partial charge in [0.25, 0.3) is 5.91 Å². The minimum atomic E-state index is -1.30. The summed E-state index contributed by atoms with van der Waals surface area (Å²) >= 11 is 0. The molecule has 7 heteroatoms. The molecule has 2 aromatic rings. The zero-order chi connectivity index (χ0) is 14.7. The van der Waals surface area contributed by atoms with Gasteiger partial charge in [-0.1, -0.05) is 6.07 Å². The van der Waals surface area contributed by atoms with Gasteiger partial charge in [0.05, 0.1) is 0 Å². The Labute approximate surface area is 111 Å². The first kappa shape index (κ1) is 13.7. The van der Waals surface area contributed by atoms with E-state index in [1.54, 1.807) is 0 Å². The molecule has 0 atom stereocenters. The second kappa shape index (κ2) is 5.52. The van der Waals surface area contributed by atoms with Crippen molar-refractivity contribution in [1.82, 2.24) is 5.32 Å². The lowest BCUT2D eigenvalue weighted by atomic mass is 10.2. The number of amides is 1. The smallest absolute Gasteiger partial charge is 0.371 e. The number of carbonyl (C=O) groups excluding carboxylic acids is 1. The molecule has 0 spiro atoms. The van der Waals surface area contributed by atoms with Crippen molar-refractivity contribution < 1.29 is 27.9 Å². The molecule has 0 bridgehead atoms. The molecule has 20 heavy (non-hydrogen) atoms. The monoisotopic (exact) mass is 281 g/mol. The summed E-state index contributed by atoms with van der Waals surface area (Å²) in [6.45, 7) is -0.173. The zero-order valence-corrected chi connectivity index (χ0v) is 10.0. The van der Waals surface area contributed by atoms with Crippen molar-refractivity contribution in [3.05, 3.63) is 59.1 Å². The summed E-state index contributed by atoms with van der Waals surface area (Å²) in [6, 6.07) is 5.31. The van der Waals surface area contributed by atoms with Crippen LogP contribution in [-0.4, -0.2) is 17.0 Å². The SMILES string of the molecule is O=C(O)c1ccc(C(=O)NCc2ccc(F)cc2F)o1. The van der Waals surface area contributed by atoms with Gasteiger partial charge < -0.3 is 14.8 Å². The average Bonchev–Trinajstić information content (AvgIpc) is 2.87. The highest BCUT2D eigenvalue weighted by atomic mass is 19.1. The van der Waals surface area contributed by atoms with E-state index in [9.17, 15) is 18.4 Å². The van der Waals surface area contributed by atoms with Crippen molar-refractivity contribution in [2.75, 3.05) is 0 Å². The van der Waals surface area contributed by atoms with E-state index in [1.807, 2.05) is 0 Å². The van der Waals surface area contributed by atoms with Crippen molar-refractivity contribution in [2.45, 2.75) is 6.54 Å². The fourth-order valence-electron chi connectivity index (χ4n) is 1.50. The lowest BCUT2D eigenvalue weighted by Gasteiger charge is -2.04. The van der Waals surface area contributed by atoms with Gasteiger partial charge in [-0.3, -0.25) is 4.79 Å². The number of carboxylic acids is 1. The number of carbonyl (C=O) groups is 2. The lowest BCUT2D eigenvalue weighted by Crippen LogP contribution is -2.22. The van der Waals surface area contributed by atoms with Crippen LogP contribution in [0.1, 0.15) is 26.7 Å². The van der Waals surface area contributed by atoms with E-state index in [4.69, 9.17) is 9.52 Å². The predicted molar refractivity (Wildman–Crippen MR) is 63.2 cm³/mol. The van der Waals surface area contributed by atoms with Crippen LogP contribution >= 0.6 is 0 Å². The standard InChI is InChI=1S/C13H9F2NO4/c14-8-2-1-7(9(15)5-8)6-16-12(17)10-3-4-11(20-10)13(18)19/h1-5H,6H2,(H,16,17)(H,18,19). The fourth-order valence-corrected chi connectivity index (χ4v) is 1.50. The molecule has 0 aliphatic carbocycles. The van der Waals surface area contributed by atoms with Crippen molar-refractivity contribution in [1.29, 1.82) is 0 Å². The topological polar surface area (TPSA) is 79.5 Å². The third kappa shape index (κ3) is 3.00. The Morgan fingerprint density at radius 3 is 2.45 bits per heavy atom. The second-order valence-electron chi connectivity index (χ2n) is 3.89. The molecule has 0 aliphatic rings. The molecule has 1 heterocycles. The number of aromatic carboxylic acids is 1. The molecule has 0 radical (unpaired) electrons. The molecule has 0 fully saturated rings. The molecular formula is C13H9F2NO4. The van der Waals surface area contributed by atoms with Crippen LogP contribution in [0, 0.1) is 11.6 Å². The number of nitrogens with one attached hydrogen (secondary N) is 1. The van der Waals surface area contributed by atoms with E-state index in [0.717, 1.165) is 12.1 Å². The first-order valence-electron chi connectivity index (χ1n) is 5.52. The minimum Gasteiger partial charge on any atom is -0.475 e. The first-order valence-corrected chi connectivity index (χ1v) is 5.52. The molecular weight excluding hydrogens is 272 g/mol. The summed E-state index contributed by atoms with van der Waals surface area (Å²) in [5.74, 6) is -4.06. The number of furan rings is 1. The summed E-state index contributed by atoms with van der Waals surface area (Å²) in [7, 11) is 0. The van der Waals surface area contributed by atoms with Gasteiger partial charge in [0, 0.05) is 18.2 Å². The van der Waals surface area contributed by atoms with Crippen LogP contribution in [-0.2, 0) is 6.54 Å². The number of rotatable bonds is 4. The van der Waals surface area contributed by atoms with Crippen LogP contribution in [0.5, 0.6) is 0 Å². The summed E-state index contributed by atoms with van der Waals surface area (Å²) < 4.78 is 30.8. The Morgan fingerprint density at radius 1 is 1.15 bits per heavy atom. The van der Waals surface area contributed by atoms with Crippen molar-refractivity contribution in [3.63, 3.8) is 0 Å². The summed E-state index contributed by atoms with van der Waals surface area (Å²) in [5, 5.41) is 11.0. The molecule has 1 aromatic carbocycles. The van der Waals surface area contributed by atoms with Crippen LogP contribution in [0.3, 0.4) is 0 Å². The number of hydrogen-bond donors (Lipinski definition) is 2. The maximum atomic E-state index is 13.3. The summed E-state index contributed by atoms with van der Waals surface area (Å²) in [6.07, 6.45) is 0. The Balaban J connectivity index is 2.02. The van der Waals surface area contributed by atoms with E-state index >= 15 is 0 Å². The molecule has 0 saturated carbocycles. The van der Waals surface area contributed by atoms with E-state index in [-0.39, 0.29) is 23.6 Å². The molecule has 2 N–H and O–H groups in total. The maximum absolute atomic E-state index is 13.3. The highest BCUT2D eigenvalue weighted by Gasteiger charge is 2.15. The fraction of sp³-hybridized carbons (Fsp3) is 0.0769. The van der Waals surface area contributed by atoms with Gasteiger partial charge in [-0.2, -0.15) is 0 Å². The molecule has 1 amide bonds. The van der Waals surface area contributed by atoms with Gasteiger partial charge in [0.2, 0.25) is 5.76 Å². The normalized spacial score (nSPS) is 10.3. The molecule has 104 valence electrons. The quantitative estimate of drug-likeness (QED) is 0.900. The van der Waals surface area contributed by atoms with Crippen LogP contribution in [0.15, 0.2) is 34.7 Å². The van der Waals surface area contributed by atoms with E-state index < -0.39 is 23.5 Å². The van der Waals surface area contributed by atoms with Gasteiger partial charge in [0.1, 0.15) is 11.6 Å². The summed E-state index contributed by atoms with van der Waals surface area (Å²) in [5.41, 5.74) is 0.102. The van der Waals surface area contributed by atoms with Crippen LogP contribution in [0.4, 0.5) is 8.78 Å². The maximum Gasteiger partial charge on any atom is 0.371 e. The van der Waals surface area contributed by atoms with Crippen LogP contribution in [0.2, 0.25) is 0 Å².